The molecule has 0 bridgehead atoms. The summed E-state index contributed by atoms with van der Waals surface area (Å²) in [5.41, 5.74) is 12.0. The molecule has 47 heavy (non-hydrogen) atoms. The molecule has 228 valence electrons. The maximum absolute atomic E-state index is 4.17. The molecule has 0 saturated heterocycles. The Kier molecular flexibility index (Phi) is 7.55. The van der Waals surface area contributed by atoms with E-state index in [1.807, 2.05) is 18.2 Å². The number of hydrogen-bond donors (Lipinski definition) is 0. The minimum absolute atomic E-state index is 0.600. The summed E-state index contributed by atoms with van der Waals surface area (Å²) in [5, 5.41) is 2.49. The van der Waals surface area contributed by atoms with E-state index >= 15 is 0 Å². The molecule has 0 aromatic heterocycles. The van der Waals surface area contributed by atoms with E-state index < -0.39 is 0 Å². The van der Waals surface area contributed by atoms with E-state index in [1.54, 1.807) is 0 Å². The monoisotopic (exact) mass is 606 g/mol. The fourth-order valence-corrected chi connectivity index (χ4v) is 7.28. The zero-order valence-electron chi connectivity index (χ0n) is 26.6. The van der Waals surface area contributed by atoms with Crippen molar-refractivity contribution in [1.82, 2.24) is 0 Å². The molecule has 8 rings (SSSR count). The van der Waals surface area contributed by atoms with Crippen molar-refractivity contribution in [3.8, 4) is 11.1 Å². The van der Waals surface area contributed by atoms with Crippen molar-refractivity contribution >= 4 is 33.5 Å². The van der Waals surface area contributed by atoms with Crippen LogP contribution in [0, 0.1) is 5.92 Å². The number of nitrogens with zero attached hydrogens (tertiary/aromatic N) is 2. The Labute approximate surface area is 278 Å². The molecular weight excluding hydrogens is 569 g/mol. The normalized spacial score (nSPS) is 18.0. The number of fused-ring (bicyclic) bond motifs is 4. The molecule has 2 nitrogen and oxygen atoms in total. The second-order valence-corrected chi connectivity index (χ2v) is 12.5. The molecule has 3 aliphatic rings. The Morgan fingerprint density at radius 3 is 2.19 bits per heavy atom. The second kappa shape index (κ2) is 12.3. The Balaban J connectivity index is 1.14. The third-order valence-corrected chi connectivity index (χ3v) is 9.67. The summed E-state index contributed by atoms with van der Waals surface area (Å²) >= 11 is 0. The molecule has 2 unspecified atom stereocenters. The van der Waals surface area contributed by atoms with Crippen LogP contribution in [0.3, 0.4) is 0 Å². The van der Waals surface area contributed by atoms with Crippen LogP contribution in [0.5, 0.6) is 0 Å². The molecule has 3 aliphatic carbocycles. The summed E-state index contributed by atoms with van der Waals surface area (Å²) < 4.78 is 0. The predicted octanol–water partition coefficient (Wildman–Crippen LogP) is 12.1. The van der Waals surface area contributed by atoms with Gasteiger partial charge in [-0.3, -0.25) is 0 Å². The number of allylic oxidation sites excluding steroid dienone is 7. The lowest BCUT2D eigenvalue weighted by atomic mass is 9.93. The van der Waals surface area contributed by atoms with Gasteiger partial charge in [0.05, 0.1) is 5.69 Å². The third-order valence-electron chi connectivity index (χ3n) is 9.67. The summed E-state index contributed by atoms with van der Waals surface area (Å²) in [7, 11) is 0. The molecule has 0 aliphatic heterocycles. The largest absolute Gasteiger partial charge is 0.310 e. The maximum atomic E-state index is 4.17. The van der Waals surface area contributed by atoms with Gasteiger partial charge in [0.1, 0.15) is 0 Å². The van der Waals surface area contributed by atoms with Crippen molar-refractivity contribution in [3.05, 3.63) is 193 Å². The first kappa shape index (κ1) is 28.8. The number of benzene rings is 5. The van der Waals surface area contributed by atoms with Crippen molar-refractivity contribution < 1.29 is 0 Å². The van der Waals surface area contributed by atoms with E-state index in [0.717, 1.165) is 29.9 Å². The van der Waals surface area contributed by atoms with E-state index in [-0.39, 0.29) is 0 Å². The van der Waals surface area contributed by atoms with Crippen LogP contribution in [0.1, 0.15) is 36.3 Å². The van der Waals surface area contributed by atoms with Crippen molar-refractivity contribution in [3.63, 3.8) is 0 Å². The Morgan fingerprint density at radius 2 is 1.45 bits per heavy atom. The lowest BCUT2D eigenvalue weighted by Crippen LogP contribution is -2.22. The van der Waals surface area contributed by atoms with Crippen molar-refractivity contribution in [1.29, 1.82) is 0 Å². The van der Waals surface area contributed by atoms with Crippen LogP contribution in [-0.2, 0) is 0 Å². The van der Waals surface area contributed by atoms with Gasteiger partial charge in [0.25, 0.3) is 0 Å². The van der Waals surface area contributed by atoms with Crippen LogP contribution < -0.4 is 9.80 Å². The quantitative estimate of drug-likeness (QED) is 0.154. The van der Waals surface area contributed by atoms with Gasteiger partial charge in [-0.05, 0) is 102 Å². The predicted molar refractivity (Wildman–Crippen MR) is 201 cm³/mol. The van der Waals surface area contributed by atoms with Crippen LogP contribution in [0.25, 0.3) is 27.6 Å². The van der Waals surface area contributed by atoms with Gasteiger partial charge < -0.3 is 9.80 Å². The third kappa shape index (κ3) is 5.36. The summed E-state index contributed by atoms with van der Waals surface area (Å²) in [6, 6.07) is 42.0. The molecule has 2 atom stereocenters. The van der Waals surface area contributed by atoms with Gasteiger partial charge in [-0.25, -0.2) is 0 Å². The Morgan fingerprint density at radius 1 is 0.723 bits per heavy atom. The average Bonchev–Trinajstić information content (AvgIpc) is 3.93. The van der Waals surface area contributed by atoms with Crippen molar-refractivity contribution in [2.75, 3.05) is 9.80 Å². The minimum Gasteiger partial charge on any atom is -0.310 e. The van der Waals surface area contributed by atoms with E-state index in [0.29, 0.717) is 11.8 Å². The lowest BCUT2D eigenvalue weighted by molar-refractivity contribution is 0.972. The molecule has 1 fully saturated rings. The summed E-state index contributed by atoms with van der Waals surface area (Å²) in [6.45, 7) is 8.16. The van der Waals surface area contributed by atoms with Gasteiger partial charge in [-0.2, -0.15) is 0 Å². The number of rotatable bonds is 9. The number of hydrogen-bond acceptors (Lipinski definition) is 2. The summed E-state index contributed by atoms with van der Waals surface area (Å²) in [5.74, 6) is 1.25. The van der Waals surface area contributed by atoms with Gasteiger partial charge in [0.2, 0.25) is 0 Å². The molecule has 0 N–H and O–H groups in total. The molecule has 2 heteroatoms. The first-order chi connectivity index (χ1) is 23.2. The fraction of sp³-hybridized carbons (Fsp3) is 0.111. The van der Waals surface area contributed by atoms with Crippen LogP contribution in [-0.4, -0.2) is 0 Å². The highest BCUT2D eigenvalue weighted by Gasteiger charge is 2.42. The number of anilines is 3. The highest BCUT2D eigenvalue weighted by Crippen LogP contribution is 2.55. The van der Waals surface area contributed by atoms with Gasteiger partial charge in [0.15, 0.2) is 0 Å². The second-order valence-electron chi connectivity index (χ2n) is 12.5. The van der Waals surface area contributed by atoms with E-state index in [4.69, 9.17) is 0 Å². The zero-order valence-corrected chi connectivity index (χ0v) is 26.6. The standard InChI is InChI=1S/C45H38N2/c1-3-13-36(4-2)46(45-31-35-30-43(35)41-19-10-11-20-42(41)45)38-26-22-32(23-27-38)33-24-28-39(29-25-33)47(37-16-6-5-7-17-37)44-21-12-15-34-14-8-9-18-40(34)44/h3-4,6,8-29,31,35,43H,1-2,5,7,30H2/b36-13+. The lowest BCUT2D eigenvalue weighted by Gasteiger charge is -2.32. The van der Waals surface area contributed by atoms with Crippen molar-refractivity contribution in [2.24, 2.45) is 5.92 Å². The Bertz CT molecular complexity index is 2100. The van der Waals surface area contributed by atoms with Crippen LogP contribution >= 0.6 is 0 Å². The minimum atomic E-state index is 0.600. The van der Waals surface area contributed by atoms with E-state index in [2.05, 4.69) is 163 Å². The van der Waals surface area contributed by atoms with Crippen molar-refractivity contribution in [2.45, 2.75) is 25.2 Å². The highest BCUT2D eigenvalue weighted by molar-refractivity contribution is 5.97. The molecule has 5 aromatic rings. The SMILES string of the molecule is C=C/C=C(\C=C)N(C1=CC2CC2c2ccccc21)c1ccc(-c2ccc(N(C3=CCCC=C3)c3cccc4ccccc34)cc2)cc1. The Hall–Kier alpha value is -5.60. The molecule has 0 radical (unpaired) electrons. The molecule has 0 amide bonds. The topological polar surface area (TPSA) is 6.48 Å². The average molecular weight is 607 g/mol. The van der Waals surface area contributed by atoms with Gasteiger partial charge in [-0.15, -0.1) is 0 Å². The highest BCUT2D eigenvalue weighted by atomic mass is 15.2. The van der Waals surface area contributed by atoms with Crippen LogP contribution in [0.2, 0.25) is 0 Å². The first-order valence-electron chi connectivity index (χ1n) is 16.6. The molecule has 1 saturated carbocycles. The van der Waals surface area contributed by atoms with E-state index in [1.165, 1.54) is 56.5 Å². The van der Waals surface area contributed by atoms with Gasteiger partial charge in [0, 0.05) is 39.4 Å². The molecule has 0 heterocycles. The van der Waals surface area contributed by atoms with Gasteiger partial charge >= 0.3 is 0 Å². The van der Waals surface area contributed by atoms with Crippen LogP contribution in [0.15, 0.2) is 182 Å². The zero-order chi connectivity index (χ0) is 31.7. The first-order valence-corrected chi connectivity index (χ1v) is 16.6. The molecule has 5 aromatic carbocycles. The van der Waals surface area contributed by atoms with E-state index in [9.17, 15) is 0 Å². The maximum Gasteiger partial charge on any atom is 0.0539 e. The molecular formula is C45H38N2. The van der Waals surface area contributed by atoms with Gasteiger partial charge in [-0.1, -0.05) is 122 Å². The fourth-order valence-electron chi connectivity index (χ4n) is 7.28. The van der Waals surface area contributed by atoms with Crippen LogP contribution in [0.4, 0.5) is 17.1 Å². The molecule has 0 spiro atoms. The smallest absolute Gasteiger partial charge is 0.0539 e. The summed E-state index contributed by atoms with van der Waals surface area (Å²) in [6.07, 6.45) is 18.5. The summed E-state index contributed by atoms with van der Waals surface area (Å²) in [4.78, 5) is 4.73.